The van der Waals surface area contributed by atoms with Gasteiger partial charge in [0.2, 0.25) is 5.91 Å². The van der Waals surface area contributed by atoms with Crippen molar-refractivity contribution < 1.29 is 4.79 Å². The predicted octanol–water partition coefficient (Wildman–Crippen LogP) is 3.62. The molecule has 1 aliphatic heterocycles. The molecule has 28 heavy (non-hydrogen) atoms. The van der Waals surface area contributed by atoms with Gasteiger partial charge < -0.3 is 10.6 Å². The van der Waals surface area contributed by atoms with Gasteiger partial charge in [0.25, 0.3) is 0 Å². The lowest BCUT2D eigenvalue weighted by Crippen LogP contribution is -2.39. The number of rotatable bonds is 9. The van der Waals surface area contributed by atoms with E-state index in [0.29, 0.717) is 0 Å². The van der Waals surface area contributed by atoms with Crippen molar-refractivity contribution in [1.29, 1.82) is 0 Å². The maximum Gasteiger partial charge on any atom is 0.223 e. The minimum Gasteiger partial charge on any atom is -0.356 e. The van der Waals surface area contributed by atoms with Crippen LogP contribution in [-0.2, 0) is 17.9 Å². The van der Waals surface area contributed by atoms with E-state index in [1.54, 1.807) is 0 Å². The molecule has 152 valence electrons. The number of carbonyl (C=O) groups excluding carboxylic acids is 1. The number of nitrogens with one attached hydrogen (secondary N) is 2. The summed E-state index contributed by atoms with van der Waals surface area (Å²) in [5, 5.41) is 6.45. The van der Waals surface area contributed by atoms with E-state index in [1.807, 2.05) is 0 Å². The Balaban J connectivity index is 0.00000280. The molecule has 0 saturated carbocycles. The van der Waals surface area contributed by atoms with Crippen LogP contribution in [-0.4, -0.2) is 37.0 Å². The topological polar surface area (TPSA) is 44.4 Å². The number of hydrogen-bond acceptors (Lipinski definition) is 3. The molecule has 1 amide bonds. The van der Waals surface area contributed by atoms with Crippen molar-refractivity contribution >= 4 is 18.3 Å². The second-order valence-corrected chi connectivity index (χ2v) is 7.35. The van der Waals surface area contributed by atoms with Gasteiger partial charge in [0, 0.05) is 32.1 Å². The van der Waals surface area contributed by atoms with Gasteiger partial charge in [0.15, 0.2) is 0 Å². The number of amides is 1. The molecule has 0 aliphatic carbocycles. The SMILES string of the molecule is Cl.O=C(NCCCN(Cc1ccccc1)Cc1ccccc1)C1CCNCC1. The Bertz CT molecular complexity index is 633. The molecule has 3 rings (SSSR count). The summed E-state index contributed by atoms with van der Waals surface area (Å²) in [6.45, 7) is 5.50. The Kier molecular flexibility index (Phi) is 10.0. The van der Waals surface area contributed by atoms with E-state index in [9.17, 15) is 4.79 Å². The number of nitrogens with zero attached hydrogens (tertiary/aromatic N) is 1. The Labute approximate surface area is 175 Å². The average Bonchev–Trinajstić information content (AvgIpc) is 2.73. The van der Waals surface area contributed by atoms with Crippen LogP contribution in [0.5, 0.6) is 0 Å². The summed E-state index contributed by atoms with van der Waals surface area (Å²) in [6.07, 6.45) is 2.89. The lowest BCUT2D eigenvalue weighted by molar-refractivity contribution is -0.125. The van der Waals surface area contributed by atoms with Gasteiger partial charge in [-0.05, 0) is 43.5 Å². The molecule has 0 radical (unpaired) electrons. The van der Waals surface area contributed by atoms with Crippen LogP contribution in [0.2, 0.25) is 0 Å². The molecule has 0 atom stereocenters. The summed E-state index contributed by atoms with van der Waals surface area (Å²) in [6, 6.07) is 21.2. The van der Waals surface area contributed by atoms with E-state index in [1.165, 1.54) is 11.1 Å². The molecule has 0 aromatic heterocycles. The molecule has 2 N–H and O–H groups in total. The van der Waals surface area contributed by atoms with Crippen LogP contribution in [0.3, 0.4) is 0 Å². The number of halogens is 1. The van der Waals surface area contributed by atoms with Crippen LogP contribution in [0.1, 0.15) is 30.4 Å². The third-order valence-corrected chi connectivity index (χ3v) is 5.16. The van der Waals surface area contributed by atoms with Gasteiger partial charge in [-0.2, -0.15) is 0 Å². The largest absolute Gasteiger partial charge is 0.356 e. The summed E-state index contributed by atoms with van der Waals surface area (Å²) in [5.74, 6) is 0.421. The lowest BCUT2D eigenvalue weighted by Gasteiger charge is -2.24. The molecule has 5 heteroatoms. The first-order valence-electron chi connectivity index (χ1n) is 10.1. The smallest absolute Gasteiger partial charge is 0.223 e. The number of piperidine rings is 1. The molecule has 2 aromatic rings. The maximum atomic E-state index is 12.3. The highest BCUT2D eigenvalue weighted by Gasteiger charge is 2.20. The Morgan fingerprint density at radius 1 is 0.929 bits per heavy atom. The summed E-state index contributed by atoms with van der Waals surface area (Å²) in [4.78, 5) is 14.7. The van der Waals surface area contributed by atoms with E-state index in [2.05, 4.69) is 76.2 Å². The predicted molar refractivity (Wildman–Crippen MR) is 117 cm³/mol. The molecular weight excluding hydrogens is 370 g/mol. The monoisotopic (exact) mass is 401 g/mol. The fourth-order valence-corrected chi connectivity index (χ4v) is 3.64. The van der Waals surface area contributed by atoms with Crippen molar-refractivity contribution in [3.05, 3.63) is 71.8 Å². The van der Waals surface area contributed by atoms with Crippen LogP contribution >= 0.6 is 12.4 Å². The molecule has 1 aliphatic rings. The summed E-state index contributed by atoms with van der Waals surface area (Å²) in [7, 11) is 0. The number of carbonyl (C=O) groups is 1. The van der Waals surface area contributed by atoms with Crippen molar-refractivity contribution in [2.24, 2.45) is 5.92 Å². The number of benzene rings is 2. The first-order chi connectivity index (χ1) is 13.3. The molecule has 0 unspecified atom stereocenters. The number of hydrogen-bond donors (Lipinski definition) is 2. The second kappa shape index (κ2) is 12.6. The highest BCUT2D eigenvalue weighted by atomic mass is 35.5. The van der Waals surface area contributed by atoms with Crippen molar-refractivity contribution in [3.8, 4) is 0 Å². The van der Waals surface area contributed by atoms with E-state index >= 15 is 0 Å². The second-order valence-electron chi connectivity index (χ2n) is 7.35. The maximum absolute atomic E-state index is 12.3. The van der Waals surface area contributed by atoms with Gasteiger partial charge in [-0.15, -0.1) is 12.4 Å². The minimum absolute atomic E-state index is 0. The van der Waals surface area contributed by atoms with Crippen molar-refractivity contribution in [2.45, 2.75) is 32.4 Å². The van der Waals surface area contributed by atoms with Crippen LogP contribution in [0, 0.1) is 5.92 Å². The molecule has 4 nitrogen and oxygen atoms in total. The highest BCUT2D eigenvalue weighted by molar-refractivity contribution is 5.85. The van der Waals surface area contributed by atoms with E-state index in [4.69, 9.17) is 0 Å². The van der Waals surface area contributed by atoms with Crippen LogP contribution in [0.4, 0.5) is 0 Å². The average molecular weight is 402 g/mol. The zero-order chi connectivity index (χ0) is 18.7. The lowest BCUT2D eigenvalue weighted by atomic mass is 9.97. The summed E-state index contributed by atoms with van der Waals surface area (Å²) >= 11 is 0. The Hall–Kier alpha value is -1.88. The minimum atomic E-state index is 0. The van der Waals surface area contributed by atoms with Crippen molar-refractivity contribution in [1.82, 2.24) is 15.5 Å². The van der Waals surface area contributed by atoms with Gasteiger partial charge in [-0.3, -0.25) is 9.69 Å². The fourth-order valence-electron chi connectivity index (χ4n) is 3.64. The molecule has 0 spiro atoms. The first-order valence-corrected chi connectivity index (χ1v) is 10.1. The van der Waals surface area contributed by atoms with E-state index < -0.39 is 0 Å². The molecule has 2 aromatic carbocycles. The fraction of sp³-hybridized carbons (Fsp3) is 0.435. The van der Waals surface area contributed by atoms with Gasteiger partial charge in [-0.1, -0.05) is 60.7 Å². The molecular formula is C23H32ClN3O. The zero-order valence-electron chi connectivity index (χ0n) is 16.5. The Morgan fingerprint density at radius 2 is 1.46 bits per heavy atom. The normalized spacial score (nSPS) is 14.5. The molecule has 1 saturated heterocycles. The van der Waals surface area contributed by atoms with Gasteiger partial charge in [0.1, 0.15) is 0 Å². The Morgan fingerprint density at radius 3 is 2.00 bits per heavy atom. The van der Waals surface area contributed by atoms with Crippen molar-refractivity contribution in [3.63, 3.8) is 0 Å². The van der Waals surface area contributed by atoms with Gasteiger partial charge in [0.05, 0.1) is 0 Å². The quantitative estimate of drug-likeness (QED) is 0.631. The first kappa shape index (κ1) is 22.4. The van der Waals surface area contributed by atoms with Crippen LogP contribution in [0.15, 0.2) is 60.7 Å². The van der Waals surface area contributed by atoms with Crippen LogP contribution in [0.25, 0.3) is 0 Å². The van der Waals surface area contributed by atoms with Crippen LogP contribution < -0.4 is 10.6 Å². The molecule has 1 heterocycles. The highest BCUT2D eigenvalue weighted by Crippen LogP contribution is 2.12. The van der Waals surface area contributed by atoms with E-state index in [-0.39, 0.29) is 24.2 Å². The zero-order valence-corrected chi connectivity index (χ0v) is 17.3. The summed E-state index contributed by atoms with van der Waals surface area (Å²) in [5.41, 5.74) is 2.65. The van der Waals surface area contributed by atoms with Gasteiger partial charge >= 0.3 is 0 Å². The van der Waals surface area contributed by atoms with E-state index in [0.717, 1.165) is 58.5 Å². The summed E-state index contributed by atoms with van der Waals surface area (Å²) < 4.78 is 0. The standard InChI is InChI=1S/C23H31N3O.ClH/c27-23(22-12-15-24-16-13-22)25-14-7-17-26(18-20-8-3-1-4-9-20)19-21-10-5-2-6-11-21;/h1-6,8-11,22,24H,7,12-19H2,(H,25,27);1H. The third kappa shape index (κ3) is 7.63. The molecule has 1 fully saturated rings. The third-order valence-electron chi connectivity index (χ3n) is 5.16. The van der Waals surface area contributed by atoms with Crippen molar-refractivity contribution in [2.75, 3.05) is 26.2 Å². The van der Waals surface area contributed by atoms with Gasteiger partial charge in [-0.25, -0.2) is 0 Å². The molecule has 0 bridgehead atoms.